The molecule has 10 nitrogen and oxygen atoms in total. The smallest absolute Gasteiger partial charge is 0.410 e. The fourth-order valence-electron chi connectivity index (χ4n) is 6.69. The lowest BCUT2D eigenvalue weighted by Gasteiger charge is -2.42. The van der Waals surface area contributed by atoms with E-state index in [2.05, 4.69) is 58.2 Å². The number of nitrogens with zero attached hydrogens (tertiary/aromatic N) is 3. The van der Waals surface area contributed by atoms with Gasteiger partial charge in [-0.2, -0.15) is 0 Å². The van der Waals surface area contributed by atoms with Crippen molar-refractivity contribution in [2.45, 2.75) is 111 Å². The number of nitrogens with two attached hydrogens (primary N) is 1. The van der Waals surface area contributed by atoms with Gasteiger partial charge in [0.2, 0.25) is 5.91 Å². The van der Waals surface area contributed by atoms with Crippen LogP contribution in [0.3, 0.4) is 0 Å². The summed E-state index contributed by atoms with van der Waals surface area (Å²) < 4.78 is 5.48. The third-order valence-electron chi connectivity index (χ3n) is 8.66. The van der Waals surface area contributed by atoms with Gasteiger partial charge >= 0.3 is 6.09 Å². The number of ether oxygens (including phenoxy) is 1. The normalized spacial score (nSPS) is 12.9. The molecule has 0 aliphatic carbocycles. The number of rotatable bonds is 10. The van der Waals surface area contributed by atoms with Crippen molar-refractivity contribution in [3.8, 4) is 11.1 Å². The van der Waals surface area contributed by atoms with Crippen LogP contribution in [0.2, 0.25) is 16.6 Å². The Balaban J connectivity index is 2.88. The van der Waals surface area contributed by atoms with E-state index in [4.69, 9.17) is 14.7 Å². The summed E-state index contributed by atoms with van der Waals surface area (Å²) >= 11 is 0. The standard InChI is InChI=1S/C33H54N6O4Si/c1-18(2)44(19(3)4,20(5)6)26-17-24(27-21(7)36-22(8)28(29(27)34-13)31(41)35-14)16-25(37-26)38-30(40)23(9)39(15)32(42)43-33(10,11)12/h16-20,23H,1-15H3,(H,34,36)(H,35,41)(H,37,38,40)/p+1. The number of aromatic nitrogens is 2. The van der Waals surface area contributed by atoms with Crippen LogP contribution in [-0.4, -0.2) is 73.6 Å². The molecule has 1 atom stereocenters. The van der Waals surface area contributed by atoms with E-state index in [9.17, 15) is 14.4 Å². The second-order valence-corrected chi connectivity index (χ2v) is 19.4. The van der Waals surface area contributed by atoms with Crippen LogP contribution in [0.5, 0.6) is 0 Å². The van der Waals surface area contributed by atoms with E-state index in [-0.39, 0.29) is 11.8 Å². The van der Waals surface area contributed by atoms with E-state index in [0.717, 1.165) is 27.8 Å². The summed E-state index contributed by atoms with van der Waals surface area (Å²) in [6.07, 6.45) is -0.584. The van der Waals surface area contributed by atoms with E-state index < -0.39 is 25.8 Å². The van der Waals surface area contributed by atoms with E-state index in [1.54, 1.807) is 41.8 Å². The molecule has 0 aliphatic rings. The zero-order valence-electron chi connectivity index (χ0n) is 29.5. The number of pyridine rings is 2. The molecule has 2 rings (SSSR count). The van der Waals surface area contributed by atoms with Crippen LogP contribution < -0.4 is 21.3 Å². The number of quaternary nitrogens is 1. The Kier molecular flexibility index (Phi) is 11.9. The molecule has 0 aliphatic heterocycles. The first-order valence-electron chi connectivity index (χ1n) is 15.6. The summed E-state index contributed by atoms with van der Waals surface area (Å²) in [5.41, 5.74) is 4.80. The van der Waals surface area contributed by atoms with Crippen molar-refractivity contribution >= 4 is 42.8 Å². The van der Waals surface area contributed by atoms with Crippen molar-refractivity contribution in [2.24, 2.45) is 0 Å². The molecule has 0 saturated carbocycles. The second-order valence-electron chi connectivity index (χ2n) is 13.6. The second kappa shape index (κ2) is 14.2. The number of nitrogens with one attached hydrogen (secondary N) is 2. The lowest BCUT2D eigenvalue weighted by atomic mass is 9.97. The highest BCUT2D eigenvalue weighted by atomic mass is 28.3. The first-order chi connectivity index (χ1) is 20.2. The van der Waals surface area contributed by atoms with E-state index in [0.29, 0.717) is 33.7 Å². The predicted octanol–water partition coefficient (Wildman–Crippen LogP) is 5.02. The van der Waals surface area contributed by atoms with Gasteiger partial charge in [-0.25, -0.2) is 9.78 Å². The lowest BCUT2D eigenvalue weighted by molar-refractivity contribution is -0.539. The largest absolute Gasteiger partial charge is 0.444 e. The Morgan fingerprint density at radius 1 is 0.932 bits per heavy atom. The van der Waals surface area contributed by atoms with E-state index in [1.165, 1.54) is 4.90 Å². The first kappa shape index (κ1) is 36.9. The summed E-state index contributed by atoms with van der Waals surface area (Å²) in [4.78, 5) is 50.5. The topological polar surface area (TPSA) is 130 Å². The first-order valence-corrected chi connectivity index (χ1v) is 17.8. The summed E-state index contributed by atoms with van der Waals surface area (Å²) in [5.74, 6) is -0.192. The minimum Gasteiger partial charge on any atom is -0.444 e. The number of carbonyl (C=O) groups excluding carboxylic acids is 3. The van der Waals surface area contributed by atoms with Crippen LogP contribution in [0.1, 0.15) is 91.0 Å². The minimum atomic E-state index is -2.30. The SMILES string of the molecule is CNC(=O)c1c(C)nc(C)c(-c2cc(NC(=O)C(C)N(C)C(=O)OC(C)(C)C)nc([Si](C(C)C)(C(C)C)C(C)C)c2)c1[NH2+]C. The van der Waals surface area contributed by atoms with Gasteiger partial charge in [-0.3, -0.25) is 19.5 Å². The van der Waals surface area contributed by atoms with Gasteiger partial charge in [-0.15, -0.1) is 0 Å². The molecule has 0 aromatic carbocycles. The van der Waals surface area contributed by atoms with Gasteiger partial charge in [-0.05, 0) is 75.9 Å². The molecular weight excluding hydrogens is 572 g/mol. The molecule has 44 heavy (non-hydrogen) atoms. The molecule has 2 heterocycles. The minimum absolute atomic E-state index is 0.207. The molecule has 2 aromatic rings. The van der Waals surface area contributed by atoms with Crippen molar-refractivity contribution in [1.82, 2.24) is 20.2 Å². The highest BCUT2D eigenvalue weighted by Crippen LogP contribution is 2.42. The Labute approximate surface area is 265 Å². The Bertz CT molecular complexity index is 1360. The van der Waals surface area contributed by atoms with Gasteiger partial charge in [0.05, 0.1) is 24.0 Å². The summed E-state index contributed by atoms with van der Waals surface area (Å²) in [6.45, 7) is 24.4. The summed E-state index contributed by atoms with van der Waals surface area (Å²) in [5, 5.41) is 8.69. The molecule has 3 amide bonds. The molecule has 0 bridgehead atoms. The third kappa shape index (κ3) is 7.48. The zero-order chi connectivity index (χ0) is 33.9. The molecule has 0 spiro atoms. The molecule has 0 fully saturated rings. The summed E-state index contributed by atoms with van der Waals surface area (Å²) in [6, 6.07) is 3.18. The molecule has 11 heteroatoms. The van der Waals surface area contributed by atoms with Crippen LogP contribution in [0.4, 0.5) is 16.3 Å². The maximum atomic E-state index is 13.6. The van der Waals surface area contributed by atoms with Gasteiger partial charge in [0.15, 0.2) is 5.69 Å². The van der Waals surface area contributed by atoms with Gasteiger partial charge in [0.25, 0.3) is 5.91 Å². The van der Waals surface area contributed by atoms with Crippen molar-refractivity contribution in [2.75, 3.05) is 26.5 Å². The van der Waals surface area contributed by atoms with Gasteiger partial charge in [0, 0.05) is 19.4 Å². The molecule has 0 saturated heterocycles. The molecule has 1 unspecified atom stereocenters. The van der Waals surface area contributed by atoms with Gasteiger partial charge < -0.3 is 20.7 Å². The van der Waals surface area contributed by atoms with Crippen molar-refractivity contribution in [1.29, 1.82) is 0 Å². The molecule has 0 radical (unpaired) electrons. The fourth-order valence-corrected chi connectivity index (χ4v) is 13.2. The van der Waals surface area contributed by atoms with Gasteiger partial charge in [0.1, 0.15) is 31.1 Å². The predicted molar refractivity (Wildman–Crippen MR) is 181 cm³/mol. The Hall–Kier alpha value is -3.31. The van der Waals surface area contributed by atoms with Crippen molar-refractivity contribution < 1.29 is 24.4 Å². The molecule has 244 valence electrons. The maximum Gasteiger partial charge on any atom is 0.410 e. The van der Waals surface area contributed by atoms with Crippen LogP contribution >= 0.6 is 0 Å². The lowest BCUT2D eigenvalue weighted by Crippen LogP contribution is -2.74. The van der Waals surface area contributed by atoms with Gasteiger partial charge in [-0.1, -0.05) is 41.5 Å². The third-order valence-corrected chi connectivity index (χ3v) is 15.5. The van der Waals surface area contributed by atoms with Crippen LogP contribution in [0, 0.1) is 13.8 Å². The highest BCUT2D eigenvalue weighted by molar-refractivity contribution is 6.94. The van der Waals surface area contributed by atoms with Crippen molar-refractivity contribution in [3.63, 3.8) is 0 Å². The average Bonchev–Trinajstić information content (AvgIpc) is 2.89. The van der Waals surface area contributed by atoms with Crippen molar-refractivity contribution in [3.05, 3.63) is 29.1 Å². The molecule has 4 N–H and O–H groups in total. The Morgan fingerprint density at radius 2 is 1.48 bits per heavy atom. The number of anilines is 1. The number of aryl methyl sites for hydroxylation is 2. The van der Waals surface area contributed by atoms with E-state index in [1.807, 2.05) is 32.3 Å². The maximum absolute atomic E-state index is 13.6. The van der Waals surface area contributed by atoms with Crippen LogP contribution in [0.15, 0.2) is 12.1 Å². The fraction of sp³-hybridized carbons (Fsp3) is 0.606. The average molecular weight is 628 g/mol. The number of hydrogen-bond donors (Lipinski definition) is 3. The number of amides is 3. The summed E-state index contributed by atoms with van der Waals surface area (Å²) in [7, 11) is 2.78. The number of hydrogen-bond acceptors (Lipinski definition) is 6. The molecular formula is C33H55N6O4Si+. The van der Waals surface area contributed by atoms with E-state index >= 15 is 0 Å². The zero-order valence-corrected chi connectivity index (χ0v) is 30.5. The highest BCUT2D eigenvalue weighted by Gasteiger charge is 2.46. The monoisotopic (exact) mass is 627 g/mol. The molecule has 2 aromatic heterocycles. The number of carbonyl (C=O) groups is 3. The number of likely N-dealkylation sites (N-methyl/N-ethyl adjacent to an activating group) is 1. The quantitative estimate of drug-likeness (QED) is 0.317. The Morgan fingerprint density at radius 3 is 1.93 bits per heavy atom. The van der Waals surface area contributed by atoms with Crippen LogP contribution in [0.25, 0.3) is 11.1 Å². The van der Waals surface area contributed by atoms with Crippen LogP contribution in [-0.2, 0) is 9.53 Å².